The summed E-state index contributed by atoms with van der Waals surface area (Å²) in [7, 11) is -3.68. The second-order valence-corrected chi connectivity index (χ2v) is 10.2. The van der Waals surface area contributed by atoms with Crippen molar-refractivity contribution in [2.75, 3.05) is 9.62 Å². The summed E-state index contributed by atoms with van der Waals surface area (Å²) in [5, 5.41) is 2.94. The van der Waals surface area contributed by atoms with Gasteiger partial charge in [-0.05, 0) is 93.3 Å². The van der Waals surface area contributed by atoms with Crippen molar-refractivity contribution in [2.24, 2.45) is 0 Å². The fourth-order valence-corrected chi connectivity index (χ4v) is 5.88. The molecule has 0 saturated heterocycles. The van der Waals surface area contributed by atoms with E-state index in [0.717, 1.165) is 27.9 Å². The number of carbonyl (C=O) groups excluding carboxylic acids is 1. The van der Waals surface area contributed by atoms with Gasteiger partial charge in [-0.2, -0.15) is 0 Å². The number of carbonyl (C=O) groups is 1. The zero-order valence-corrected chi connectivity index (χ0v) is 19.0. The number of amides is 1. The lowest BCUT2D eigenvalue weighted by Gasteiger charge is -2.24. The molecule has 0 fully saturated rings. The van der Waals surface area contributed by atoms with Crippen LogP contribution in [0, 0.1) is 20.8 Å². The minimum atomic E-state index is -3.68. The van der Waals surface area contributed by atoms with Gasteiger partial charge >= 0.3 is 0 Å². The van der Waals surface area contributed by atoms with Crippen LogP contribution in [0.4, 0.5) is 11.4 Å². The normalized spacial score (nSPS) is 15.6. The first-order valence-electron chi connectivity index (χ1n) is 10.3. The molecule has 0 aliphatic carbocycles. The predicted octanol–water partition coefficient (Wildman–Crippen LogP) is 5.00. The van der Waals surface area contributed by atoms with Crippen LogP contribution in [0.1, 0.15) is 39.5 Å². The fraction of sp³-hybridized carbons (Fsp3) is 0.240. The van der Waals surface area contributed by atoms with Crippen molar-refractivity contribution in [3.63, 3.8) is 0 Å². The van der Waals surface area contributed by atoms with Gasteiger partial charge in [-0.15, -0.1) is 0 Å². The van der Waals surface area contributed by atoms with E-state index in [9.17, 15) is 13.2 Å². The Morgan fingerprint density at radius 1 is 0.903 bits per heavy atom. The number of rotatable bonds is 4. The third-order valence-corrected chi connectivity index (χ3v) is 7.49. The molecule has 31 heavy (non-hydrogen) atoms. The summed E-state index contributed by atoms with van der Waals surface area (Å²) in [6.07, 6.45) is 0.561. The van der Waals surface area contributed by atoms with Gasteiger partial charge in [-0.3, -0.25) is 9.10 Å². The monoisotopic (exact) mass is 434 g/mol. The Labute approximate surface area is 183 Å². The highest BCUT2D eigenvalue weighted by Gasteiger charge is 2.36. The number of anilines is 2. The zero-order valence-electron chi connectivity index (χ0n) is 18.1. The van der Waals surface area contributed by atoms with E-state index in [2.05, 4.69) is 11.4 Å². The summed E-state index contributed by atoms with van der Waals surface area (Å²) >= 11 is 0. The second kappa shape index (κ2) is 7.85. The van der Waals surface area contributed by atoms with Gasteiger partial charge in [-0.25, -0.2) is 8.42 Å². The number of hydrogen-bond acceptors (Lipinski definition) is 3. The molecule has 1 aliphatic rings. The van der Waals surface area contributed by atoms with Crippen molar-refractivity contribution in [2.45, 2.75) is 45.1 Å². The molecule has 3 aromatic carbocycles. The van der Waals surface area contributed by atoms with Crippen molar-refractivity contribution in [1.82, 2.24) is 0 Å². The molecule has 3 aromatic rings. The summed E-state index contributed by atoms with van der Waals surface area (Å²) in [5.41, 5.74) is 5.92. The van der Waals surface area contributed by atoms with E-state index in [-0.39, 0.29) is 16.8 Å². The average Bonchev–Trinajstić information content (AvgIpc) is 3.03. The first-order valence-corrected chi connectivity index (χ1v) is 11.7. The van der Waals surface area contributed by atoms with Crippen molar-refractivity contribution in [3.8, 4) is 0 Å². The summed E-state index contributed by atoms with van der Waals surface area (Å²) < 4.78 is 28.0. The molecule has 0 spiro atoms. The minimum absolute atomic E-state index is 0.208. The van der Waals surface area contributed by atoms with E-state index in [1.165, 1.54) is 4.31 Å². The number of hydrogen-bond donors (Lipinski definition) is 1. The quantitative estimate of drug-likeness (QED) is 0.628. The largest absolute Gasteiger partial charge is 0.322 e. The molecule has 1 atom stereocenters. The Hall–Kier alpha value is -3.12. The lowest BCUT2D eigenvalue weighted by atomic mass is 10.1. The van der Waals surface area contributed by atoms with Crippen molar-refractivity contribution in [1.29, 1.82) is 0 Å². The lowest BCUT2D eigenvalue weighted by molar-refractivity contribution is 0.102. The first-order chi connectivity index (χ1) is 14.6. The molecule has 1 amide bonds. The minimum Gasteiger partial charge on any atom is -0.322 e. The molecular weight excluding hydrogens is 408 g/mol. The van der Waals surface area contributed by atoms with Crippen LogP contribution in [0.25, 0.3) is 0 Å². The summed E-state index contributed by atoms with van der Waals surface area (Å²) in [6, 6.07) is 17.8. The van der Waals surface area contributed by atoms with Crippen LogP contribution < -0.4 is 9.62 Å². The van der Waals surface area contributed by atoms with Crippen LogP contribution in [0.3, 0.4) is 0 Å². The number of sulfonamides is 1. The van der Waals surface area contributed by atoms with E-state index in [4.69, 9.17) is 0 Å². The lowest BCUT2D eigenvalue weighted by Crippen LogP contribution is -2.35. The molecule has 0 radical (unpaired) electrons. The molecule has 4 rings (SSSR count). The van der Waals surface area contributed by atoms with Crippen LogP contribution >= 0.6 is 0 Å². The molecule has 1 aliphatic heterocycles. The van der Waals surface area contributed by atoms with Crippen LogP contribution in [0.15, 0.2) is 65.6 Å². The van der Waals surface area contributed by atoms with Gasteiger partial charge in [0.2, 0.25) is 0 Å². The number of nitrogens with one attached hydrogen (secondary N) is 1. The summed E-state index contributed by atoms with van der Waals surface area (Å²) in [5.74, 6) is -0.208. The second-order valence-electron chi connectivity index (χ2n) is 8.34. The SMILES string of the molecule is Cc1ccc(S(=O)(=O)N2c3ccc(C(=O)Nc4cc(C)cc(C)c4)cc3C[C@@H]2C)cc1. The van der Waals surface area contributed by atoms with Gasteiger partial charge in [0, 0.05) is 17.3 Å². The number of aryl methyl sites for hydroxylation is 3. The van der Waals surface area contributed by atoms with Gasteiger partial charge in [0.25, 0.3) is 15.9 Å². The van der Waals surface area contributed by atoms with Gasteiger partial charge in [-0.1, -0.05) is 23.8 Å². The molecule has 0 saturated carbocycles. The zero-order chi connectivity index (χ0) is 22.3. The topological polar surface area (TPSA) is 66.5 Å². The Balaban J connectivity index is 1.63. The molecule has 1 heterocycles. The molecule has 0 unspecified atom stereocenters. The Morgan fingerprint density at radius 3 is 2.19 bits per heavy atom. The van der Waals surface area contributed by atoms with Gasteiger partial charge in [0.15, 0.2) is 0 Å². The maximum atomic E-state index is 13.3. The van der Waals surface area contributed by atoms with Crippen LogP contribution in [0.5, 0.6) is 0 Å². The third-order valence-electron chi connectivity index (χ3n) is 5.55. The van der Waals surface area contributed by atoms with Gasteiger partial charge < -0.3 is 5.32 Å². The highest BCUT2D eigenvalue weighted by molar-refractivity contribution is 7.92. The van der Waals surface area contributed by atoms with Crippen molar-refractivity contribution in [3.05, 3.63) is 88.5 Å². The number of nitrogens with zero attached hydrogens (tertiary/aromatic N) is 1. The molecule has 160 valence electrons. The van der Waals surface area contributed by atoms with Gasteiger partial charge in [0.1, 0.15) is 0 Å². The predicted molar refractivity (Wildman–Crippen MR) is 124 cm³/mol. The van der Waals surface area contributed by atoms with E-state index >= 15 is 0 Å². The highest BCUT2D eigenvalue weighted by Crippen LogP contribution is 2.37. The molecular formula is C25H26N2O3S. The number of fused-ring (bicyclic) bond motifs is 1. The van der Waals surface area contributed by atoms with Crippen LogP contribution in [0.2, 0.25) is 0 Å². The molecule has 0 bridgehead atoms. The third kappa shape index (κ3) is 4.08. The summed E-state index contributed by atoms with van der Waals surface area (Å²) in [4.78, 5) is 13.1. The Morgan fingerprint density at radius 2 is 1.55 bits per heavy atom. The van der Waals surface area contributed by atoms with Crippen LogP contribution in [-0.2, 0) is 16.4 Å². The van der Waals surface area contributed by atoms with E-state index in [1.807, 2.05) is 39.8 Å². The summed E-state index contributed by atoms with van der Waals surface area (Å²) in [6.45, 7) is 7.79. The van der Waals surface area contributed by atoms with Crippen molar-refractivity contribution < 1.29 is 13.2 Å². The average molecular weight is 435 g/mol. The molecule has 0 aromatic heterocycles. The maximum absolute atomic E-state index is 13.3. The van der Waals surface area contributed by atoms with E-state index in [0.29, 0.717) is 17.7 Å². The highest BCUT2D eigenvalue weighted by atomic mass is 32.2. The van der Waals surface area contributed by atoms with E-state index < -0.39 is 10.0 Å². The Kier molecular flexibility index (Phi) is 5.35. The molecule has 1 N–H and O–H groups in total. The maximum Gasteiger partial charge on any atom is 0.264 e. The van der Waals surface area contributed by atoms with Gasteiger partial charge in [0.05, 0.1) is 10.6 Å². The smallest absolute Gasteiger partial charge is 0.264 e. The van der Waals surface area contributed by atoms with Crippen LogP contribution in [-0.4, -0.2) is 20.4 Å². The van der Waals surface area contributed by atoms with Crippen molar-refractivity contribution >= 4 is 27.3 Å². The first kappa shape index (κ1) is 21.1. The van der Waals surface area contributed by atoms with E-state index in [1.54, 1.807) is 42.5 Å². The molecule has 5 nitrogen and oxygen atoms in total. The molecule has 6 heteroatoms. The standard InChI is InChI=1S/C25H26N2O3S/c1-16-5-8-23(9-6-16)31(29,30)27-19(4)14-21-15-20(7-10-24(21)27)25(28)26-22-12-17(2)11-18(3)13-22/h5-13,15,19H,14H2,1-4H3,(H,26,28)/t19-/m0/s1. The Bertz CT molecular complexity index is 1240. The fourth-order valence-electron chi connectivity index (χ4n) is 4.18. The number of benzene rings is 3.